The summed E-state index contributed by atoms with van der Waals surface area (Å²) in [4.78, 5) is 27.1. The number of hydrogen-bond donors (Lipinski definition) is 1. The molecule has 1 aromatic carbocycles. The molecule has 0 saturated carbocycles. The van der Waals surface area contributed by atoms with Gasteiger partial charge < -0.3 is 14.6 Å². The minimum Gasteiger partial charge on any atom is -0.462 e. The molecule has 1 amide bonds. The lowest BCUT2D eigenvalue weighted by atomic mass is 9.95. The fourth-order valence-electron chi connectivity index (χ4n) is 4.21. The van der Waals surface area contributed by atoms with Gasteiger partial charge in [-0.2, -0.15) is 5.26 Å². The number of thiophene rings is 1. The van der Waals surface area contributed by atoms with Crippen molar-refractivity contribution in [1.82, 2.24) is 4.57 Å². The molecule has 33 heavy (non-hydrogen) atoms. The Kier molecular flexibility index (Phi) is 6.95. The number of carbonyl (C=O) groups excluding carboxylic acids is 2. The third kappa shape index (κ3) is 4.71. The van der Waals surface area contributed by atoms with Gasteiger partial charge in [0.1, 0.15) is 16.6 Å². The summed E-state index contributed by atoms with van der Waals surface area (Å²) in [5, 5.41) is 14.0. The van der Waals surface area contributed by atoms with Crippen LogP contribution in [0.3, 0.4) is 0 Å². The summed E-state index contributed by atoms with van der Waals surface area (Å²) in [7, 11) is 1.93. The number of amides is 1. The van der Waals surface area contributed by atoms with E-state index in [0.717, 1.165) is 65.4 Å². The second kappa shape index (κ2) is 10.1. The van der Waals surface area contributed by atoms with Crippen LogP contribution in [0.5, 0.6) is 0 Å². The SMILES string of the molecule is CCCCOC(=O)c1c(NC(=O)/C(C#N)=C/c2cn(C)c3ccccc23)sc2c1CCCC2. The van der Waals surface area contributed by atoms with Gasteiger partial charge in [0.2, 0.25) is 0 Å². The molecule has 6 nitrogen and oxygen atoms in total. The molecule has 0 aliphatic heterocycles. The molecule has 170 valence electrons. The predicted octanol–water partition coefficient (Wildman–Crippen LogP) is 5.62. The fraction of sp³-hybridized carbons (Fsp3) is 0.346. The Labute approximate surface area is 197 Å². The maximum Gasteiger partial charge on any atom is 0.341 e. The monoisotopic (exact) mass is 461 g/mol. The van der Waals surface area contributed by atoms with E-state index in [4.69, 9.17) is 4.74 Å². The molecule has 0 fully saturated rings. The highest BCUT2D eigenvalue weighted by atomic mass is 32.1. The van der Waals surface area contributed by atoms with Crippen LogP contribution in [0.4, 0.5) is 5.00 Å². The van der Waals surface area contributed by atoms with E-state index in [2.05, 4.69) is 5.32 Å². The zero-order valence-corrected chi connectivity index (χ0v) is 19.8. The third-order valence-corrected chi connectivity index (χ3v) is 7.13. The number of unbranched alkanes of at least 4 members (excludes halogenated alkanes) is 1. The van der Waals surface area contributed by atoms with Gasteiger partial charge in [-0.15, -0.1) is 11.3 Å². The lowest BCUT2D eigenvalue weighted by Crippen LogP contribution is -2.17. The van der Waals surface area contributed by atoms with Crippen molar-refractivity contribution in [3.8, 4) is 6.07 Å². The summed E-state index contributed by atoms with van der Waals surface area (Å²) in [6.07, 6.45) is 9.00. The number of ether oxygens (including phenoxy) is 1. The Hall–Kier alpha value is -3.37. The van der Waals surface area contributed by atoms with Crippen LogP contribution in [0, 0.1) is 11.3 Å². The summed E-state index contributed by atoms with van der Waals surface area (Å²) < 4.78 is 7.45. The minimum absolute atomic E-state index is 0.0111. The number of nitrogens with one attached hydrogen (secondary N) is 1. The number of para-hydroxylation sites is 1. The smallest absolute Gasteiger partial charge is 0.341 e. The van der Waals surface area contributed by atoms with Crippen LogP contribution in [0.15, 0.2) is 36.0 Å². The van der Waals surface area contributed by atoms with E-state index in [9.17, 15) is 14.9 Å². The van der Waals surface area contributed by atoms with Crippen molar-refractivity contribution >= 4 is 45.2 Å². The molecule has 7 heteroatoms. The standard InChI is InChI=1S/C26H27N3O3S/c1-3-4-13-32-26(31)23-20-10-6-8-12-22(20)33-25(23)28-24(30)17(15-27)14-18-16-29(2)21-11-7-5-9-19(18)21/h5,7,9,11,14,16H,3-4,6,8,10,12-13H2,1-2H3,(H,28,30)/b17-14+. The predicted molar refractivity (Wildman–Crippen MR) is 131 cm³/mol. The summed E-state index contributed by atoms with van der Waals surface area (Å²) in [6, 6.07) is 9.86. The van der Waals surface area contributed by atoms with Crippen molar-refractivity contribution in [2.45, 2.75) is 45.4 Å². The molecule has 2 heterocycles. The van der Waals surface area contributed by atoms with Gasteiger partial charge in [0.25, 0.3) is 5.91 Å². The minimum atomic E-state index is -0.522. The van der Waals surface area contributed by atoms with Gasteiger partial charge in [0, 0.05) is 34.6 Å². The molecule has 0 bridgehead atoms. The normalized spacial score (nSPS) is 13.4. The number of hydrogen-bond acceptors (Lipinski definition) is 5. The number of aryl methyl sites for hydroxylation is 2. The van der Waals surface area contributed by atoms with E-state index in [1.807, 2.05) is 55.1 Å². The summed E-state index contributed by atoms with van der Waals surface area (Å²) in [5.74, 6) is -0.915. The second-order valence-corrected chi connectivity index (χ2v) is 9.35. The molecule has 1 N–H and O–H groups in total. The molecule has 0 radical (unpaired) electrons. The maximum atomic E-state index is 13.1. The molecule has 0 atom stereocenters. The van der Waals surface area contributed by atoms with E-state index in [-0.39, 0.29) is 5.57 Å². The number of rotatable bonds is 7. The Balaban J connectivity index is 1.64. The number of nitriles is 1. The Morgan fingerprint density at radius 3 is 2.85 bits per heavy atom. The molecule has 4 rings (SSSR count). The fourth-order valence-corrected chi connectivity index (χ4v) is 5.49. The highest BCUT2D eigenvalue weighted by Crippen LogP contribution is 2.39. The summed E-state index contributed by atoms with van der Waals surface area (Å²) in [5.41, 5.74) is 3.25. The van der Waals surface area contributed by atoms with Crippen LogP contribution < -0.4 is 5.32 Å². The Morgan fingerprint density at radius 2 is 2.06 bits per heavy atom. The lowest BCUT2D eigenvalue weighted by Gasteiger charge is -2.12. The first-order chi connectivity index (χ1) is 16.0. The molecule has 0 saturated heterocycles. The van der Waals surface area contributed by atoms with E-state index >= 15 is 0 Å². The van der Waals surface area contributed by atoms with Crippen LogP contribution >= 0.6 is 11.3 Å². The highest BCUT2D eigenvalue weighted by Gasteiger charge is 2.28. The van der Waals surface area contributed by atoms with E-state index in [1.54, 1.807) is 6.08 Å². The van der Waals surface area contributed by atoms with E-state index < -0.39 is 11.9 Å². The topological polar surface area (TPSA) is 84.1 Å². The first-order valence-corrected chi connectivity index (χ1v) is 12.1. The van der Waals surface area contributed by atoms with Crippen LogP contribution in [0.1, 0.15) is 59.0 Å². The van der Waals surface area contributed by atoms with Gasteiger partial charge in [-0.1, -0.05) is 31.5 Å². The highest BCUT2D eigenvalue weighted by molar-refractivity contribution is 7.17. The van der Waals surface area contributed by atoms with Crippen molar-refractivity contribution in [1.29, 1.82) is 5.26 Å². The van der Waals surface area contributed by atoms with Crippen molar-refractivity contribution < 1.29 is 14.3 Å². The van der Waals surface area contributed by atoms with E-state index in [0.29, 0.717) is 17.2 Å². The van der Waals surface area contributed by atoms with Crippen LogP contribution in [-0.4, -0.2) is 23.1 Å². The molecule has 1 aliphatic rings. The Morgan fingerprint density at radius 1 is 1.27 bits per heavy atom. The van der Waals surface area contributed by atoms with Crippen molar-refractivity contribution in [3.63, 3.8) is 0 Å². The van der Waals surface area contributed by atoms with Crippen LogP contribution in [0.25, 0.3) is 17.0 Å². The lowest BCUT2D eigenvalue weighted by molar-refractivity contribution is -0.112. The quantitative estimate of drug-likeness (QED) is 0.214. The van der Waals surface area contributed by atoms with Crippen LogP contribution in [0.2, 0.25) is 0 Å². The average molecular weight is 462 g/mol. The van der Waals surface area contributed by atoms with E-state index in [1.165, 1.54) is 11.3 Å². The third-order valence-electron chi connectivity index (χ3n) is 5.93. The molecule has 3 aromatic rings. The van der Waals surface area contributed by atoms with Crippen molar-refractivity contribution in [2.75, 3.05) is 11.9 Å². The van der Waals surface area contributed by atoms with Gasteiger partial charge >= 0.3 is 5.97 Å². The first kappa shape index (κ1) is 22.8. The van der Waals surface area contributed by atoms with Gasteiger partial charge in [-0.05, 0) is 49.8 Å². The maximum absolute atomic E-state index is 13.1. The van der Waals surface area contributed by atoms with Crippen molar-refractivity contribution in [3.05, 3.63) is 57.6 Å². The number of carbonyl (C=O) groups is 2. The van der Waals surface area contributed by atoms with Gasteiger partial charge in [-0.3, -0.25) is 4.79 Å². The second-order valence-electron chi connectivity index (χ2n) is 8.24. The molecule has 1 aliphatic carbocycles. The number of nitrogens with zero attached hydrogens (tertiary/aromatic N) is 2. The molecular formula is C26H27N3O3S. The van der Waals surface area contributed by atoms with Gasteiger partial charge in [0.05, 0.1) is 12.2 Å². The van der Waals surface area contributed by atoms with Crippen LogP contribution in [-0.2, 0) is 29.4 Å². The average Bonchev–Trinajstić information content (AvgIpc) is 3.34. The largest absolute Gasteiger partial charge is 0.462 e. The van der Waals surface area contributed by atoms with Crippen molar-refractivity contribution in [2.24, 2.45) is 7.05 Å². The zero-order chi connectivity index (χ0) is 23.4. The number of anilines is 1. The molecule has 2 aromatic heterocycles. The number of benzene rings is 1. The molecule has 0 unspecified atom stereocenters. The number of aromatic nitrogens is 1. The zero-order valence-electron chi connectivity index (χ0n) is 18.9. The van der Waals surface area contributed by atoms with Gasteiger partial charge in [-0.25, -0.2) is 4.79 Å². The number of esters is 1. The summed E-state index contributed by atoms with van der Waals surface area (Å²) >= 11 is 1.43. The summed E-state index contributed by atoms with van der Waals surface area (Å²) in [6.45, 7) is 2.40. The molecular weight excluding hydrogens is 434 g/mol. The molecule has 0 spiro atoms. The Bertz CT molecular complexity index is 1280. The number of fused-ring (bicyclic) bond motifs is 2. The first-order valence-electron chi connectivity index (χ1n) is 11.3. The van der Waals surface area contributed by atoms with Gasteiger partial charge in [0.15, 0.2) is 0 Å².